The maximum Gasteiger partial charge on any atom is 0.318 e. The Morgan fingerprint density at radius 2 is 1.77 bits per heavy atom. The molecule has 13 nitrogen and oxygen atoms in total. The smallest absolute Gasteiger partial charge is 0.318 e. The molecule has 3 heterocycles. The first kappa shape index (κ1) is 28.9. The number of hydrogen-bond donors (Lipinski definition) is 1. The van der Waals surface area contributed by atoms with Crippen molar-refractivity contribution in [3.63, 3.8) is 0 Å². The van der Waals surface area contributed by atoms with E-state index in [1.165, 1.54) is 52.8 Å². The van der Waals surface area contributed by atoms with Gasteiger partial charge in [-0.25, -0.2) is 13.9 Å². The molecule has 0 unspecified atom stereocenters. The number of ether oxygens (including phenoxy) is 1. The van der Waals surface area contributed by atoms with Gasteiger partial charge >= 0.3 is 16.0 Å². The van der Waals surface area contributed by atoms with Crippen LogP contribution in [0.15, 0.2) is 71.8 Å². The molecule has 3 aromatic heterocycles. The Labute approximate surface area is 250 Å². The van der Waals surface area contributed by atoms with E-state index >= 15 is 4.39 Å². The molecule has 2 amide bonds. The van der Waals surface area contributed by atoms with Gasteiger partial charge in [-0.2, -0.15) is 18.6 Å². The molecule has 5 aromatic rings. The summed E-state index contributed by atoms with van der Waals surface area (Å²) in [5, 5.41) is 11.6. The average molecular weight is 620 g/mol. The third kappa shape index (κ3) is 6.00. The summed E-state index contributed by atoms with van der Waals surface area (Å²) in [4.78, 5) is 29.8. The number of aromatic nitrogens is 5. The van der Waals surface area contributed by atoms with Gasteiger partial charge in [-0.3, -0.25) is 14.3 Å². The first-order chi connectivity index (χ1) is 21.0. The number of halogens is 1. The lowest BCUT2D eigenvalue weighted by Gasteiger charge is -2.22. The molecular formula is C29H26FN7O6S. The molecule has 1 fully saturated rings. The molecule has 0 radical (unpaired) electrons. The highest BCUT2D eigenvalue weighted by Gasteiger charge is 2.32. The SMILES string of the molecule is Cc1ccc(S(=O)(=O)ON(C(=O)c2cc(C)nn2C)c2cc(Oc3ccc4nc(NC(=O)C5CC5)cn4n3)ccc2F)cc1. The second-order valence-corrected chi connectivity index (χ2v) is 11.8. The van der Waals surface area contributed by atoms with Gasteiger partial charge in [0.15, 0.2) is 11.5 Å². The number of anilines is 2. The Morgan fingerprint density at radius 3 is 2.45 bits per heavy atom. The zero-order chi connectivity index (χ0) is 31.2. The van der Waals surface area contributed by atoms with Crippen LogP contribution in [0.25, 0.3) is 5.65 Å². The van der Waals surface area contributed by atoms with Gasteiger partial charge in [0.1, 0.15) is 22.9 Å². The number of rotatable bonds is 9. The van der Waals surface area contributed by atoms with Crippen molar-refractivity contribution in [1.82, 2.24) is 24.4 Å². The van der Waals surface area contributed by atoms with Crippen LogP contribution in [0, 0.1) is 25.6 Å². The molecule has 6 rings (SSSR count). The Kier molecular flexibility index (Phi) is 7.34. The number of imidazole rings is 1. The van der Waals surface area contributed by atoms with E-state index in [-0.39, 0.29) is 34.0 Å². The molecular weight excluding hydrogens is 593 g/mol. The van der Waals surface area contributed by atoms with E-state index in [4.69, 9.17) is 9.02 Å². The Hall–Kier alpha value is -5.15. The standard InChI is InChI=1S/C29H26FN7O6S/c1-17-4-9-21(10-5-17)44(40,41)43-37(29(39)24-14-18(2)33-35(24)3)23-15-20(8-11-22(23)30)42-27-13-12-26-31-25(16-36(26)34-27)32-28(38)19-6-7-19/h4-5,8-16,19H,6-7H2,1-3H3,(H,32,38). The summed E-state index contributed by atoms with van der Waals surface area (Å²) in [5.74, 6) is -1.62. The highest BCUT2D eigenvalue weighted by molar-refractivity contribution is 7.86. The van der Waals surface area contributed by atoms with Crippen LogP contribution in [0.1, 0.15) is 34.6 Å². The number of aryl methyl sites for hydroxylation is 3. The van der Waals surface area contributed by atoms with Crippen LogP contribution in [-0.4, -0.2) is 44.6 Å². The zero-order valence-corrected chi connectivity index (χ0v) is 24.6. The average Bonchev–Trinajstić information content (AvgIpc) is 3.68. The fourth-order valence-corrected chi connectivity index (χ4v) is 5.23. The van der Waals surface area contributed by atoms with Gasteiger partial charge < -0.3 is 10.1 Å². The lowest BCUT2D eigenvalue weighted by Crippen LogP contribution is -2.35. The minimum atomic E-state index is -4.59. The monoisotopic (exact) mass is 619 g/mol. The van der Waals surface area contributed by atoms with Gasteiger partial charge in [0.05, 0.1) is 16.8 Å². The molecule has 2 aromatic carbocycles. The van der Waals surface area contributed by atoms with E-state index in [1.807, 2.05) is 0 Å². The normalized spacial score (nSPS) is 13.2. The minimum Gasteiger partial charge on any atom is -0.438 e. The van der Waals surface area contributed by atoms with Crippen LogP contribution >= 0.6 is 0 Å². The minimum absolute atomic E-state index is 0.00329. The molecule has 226 valence electrons. The van der Waals surface area contributed by atoms with E-state index < -0.39 is 27.5 Å². The van der Waals surface area contributed by atoms with Crippen molar-refractivity contribution in [3.05, 3.63) is 89.6 Å². The molecule has 44 heavy (non-hydrogen) atoms. The second-order valence-electron chi connectivity index (χ2n) is 10.3. The van der Waals surface area contributed by atoms with Gasteiger partial charge in [-0.15, -0.1) is 9.38 Å². The molecule has 1 aliphatic rings. The Balaban J connectivity index is 1.32. The van der Waals surface area contributed by atoms with Crippen molar-refractivity contribution in [1.29, 1.82) is 0 Å². The topological polar surface area (TPSA) is 150 Å². The van der Waals surface area contributed by atoms with Gasteiger partial charge in [-0.05, 0) is 63.1 Å². The Bertz CT molecular complexity index is 2020. The fourth-order valence-electron chi connectivity index (χ4n) is 4.33. The summed E-state index contributed by atoms with van der Waals surface area (Å²) in [6.45, 7) is 3.43. The molecule has 0 atom stereocenters. The maximum atomic E-state index is 15.3. The van der Waals surface area contributed by atoms with E-state index in [0.29, 0.717) is 22.2 Å². The largest absolute Gasteiger partial charge is 0.438 e. The molecule has 0 aliphatic heterocycles. The van der Waals surface area contributed by atoms with Crippen LogP contribution in [0.5, 0.6) is 11.6 Å². The van der Waals surface area contributed by atoms with Gasteiger partial charge in [0, 0.05) is 25.1 Å². The van der Waals surface area contributed by atoms with Crippen LogP contribution in [-0.2, 0) is 26.2 Å². The number of nitrogens with one attached hydrogen (secondary N) is 1. The van der Waals surface area contributed by atoms with Crippen LogP contribution < -0.4 is 15.1 Å². The van der Waals surface area contributed by atoms with Crippen molar-refractivity contribution in [2.24, 2.45) is 13.0 Å². The summed E-state index contributed by atoms with van der Waals surface area (Å²) >= 11 is 0. The van der Waals surface area contributed by atoms with Crippen molar-refractivity contribution < 1.29 is 31.4 Å². The number of hydroxylamine groups is 1. The van der Waals surface area contributed by atoms with Gasteiger partial charge in [0.2, 0.25) is 11.8 Å². The molecule has 15 heteroatoms. The number of benzene rings is 2. The molecule has 0 saturated heterocycles. The highest BCUT2D eigenvalue weighted by atomic mass is 32.2. The predicted molar refractivity (Wildman–Crippen MR) is 155 cm³/mol. The maximum absolute atomic E-state index is 15.3. The van der Waals surface area contributed by atoms with E-state index in [0.717, 1.165) is 30.5 Å². The fraction of sp³-hybridized carbons (Fsp3) is 0.207. The van der Waals surface area contributed by atoms with Crippen LogP contribution in [0.2, 0.25) is 0 Å². The molecule has 1 saturated carbocycles. The second kappa shape index (κ2) is 11.2. The Morgan fingerprint density at radius 1 is 1.02 bits per heavy atom. The summed E-state index contributed by atoms with van der Waals surface area (Å²) in [6, 6.07) is 13.7. The summed E-state index contributed by atoms with van der Waals surface area (Å²) in [6.07, 6.45) is 3.23. The third-order valence-corrected chi connectivity index (χ3v) is 7.94. The van der Waals surface area contributed by atoms with Crippen molar-refractivity contribution in [2.75, 3.05) is 10.4 Å². The lowest BCUT2D eigenvalue weighted by atomic mass is 10.2. The van der Waals surface area contributed by atoms with E-state index in [2.05, 4.69) is 20.5 Å². The van der Waals surface area contributed by atoms with Crippen molar-refractivity contribution >= 4 is 39.1 Å². The molecule has 1 aliphatic carbocycles. The van der Waals surface area contributed by atoms with E-state index in [9.17, 15) is 18.0 Å². The number of fused-ring (bicyclic) bond motifs is 1. The molecule has 1 N–H and O–H groups in total. The summed E-state index contributed by atoms with van der Waals surface area (Å²) < 4.78 is 55.6. The predicted octanol–water partition coefficient (Wildman–Crippen LogP) is 4.33. The van der Waals surface area contributed by atoms with Crippen molar-refractivity contribution in [3.8, 4) is 11.6 Å². The highest BCUT2D eigenvalue weighted by Crippen LogP contribution is 2.32. The van der Waals surface area contributed by atoms with Crippen LogP contribution in [0.4, 0.5) is 15.9 Å². The first-order valence-corrected chi connectivity index (χ1v) is 14.9. The number of hydrogen-bond acceptors (Lipinski definition) is 9. The quantitative estimate of drug-likeness (QED) is 0.238. The molecule has 0 spiro atoms. The lowest BCUT2D eigenvalue weighted by molar-refractivity contribution is -0.117. The summed E-state index contributed by atoms with van der Waals surface area (Å²) in [7, 11) is -3.10. The van der Waals surface area contributed by atoms with Gasteiger partial charge in [-0.1, -0.05) is 17.7 Å². The number of amides is 2. The first-order valence-electron chi connectivity index (χ1n) is 13.5. The van der Waals surface area contributed by atoms with Crippen molar-refractivity contribution in [2.45, 2.75) is 31.6 Å². The van der Waals surface area contributed by atoms with E-state index in [1.54, 1.807) is 32.0 Å². The number of nitrogens with zero attached hydrogens (tertiary/aromatic N) is 6. The number of carbonyl (C=O) groups is 2. The summed E-state index contributed by atoms with van der Waals surface area (Å²) in [5.41, 5.74) is 1.15. The van der Waals surface area contributed by atoms with Crippen LogP contribution in [0.3, 0.4) is 0 Å². The third-order valence-electron chi connectivity index (χ3n) is 6.74. The molecule has 0 bridgehead atoms. The van der Waals surface area contributed by atoms with Gasteiger partial charge in [0.25, 0.3) is 0 Å². The zero-order valence-electron chi connectivity index (χ0n) is 23.8. The number of carbonyl (C=O) groups excluding carboxylic acids is 2.